The Morgan fingerprint density at radius 2 is 2.09 bits per heavy atom. The molecule has 2 aromatic heterocycles. The highest BCUT2D eigenvalue weighted by Crippen LogP contribution is 2.30. The average molecular weight is 316 g/mol. The minimum absolute atomic E-state index is 0.242. The van der Waals surface area contributed by atoms with Crippen LogP contribution >= 0.6 is 11.3 Å². The van der Waals surface area contributed by atoms with Gasteiger partial charge in [-0.15, -0.1) is 11.3 Å². The van der Waals surface area contributed by atoms with Crippen molar-refractivity contribution >= 4 is 21.6 Å². The van der Waals surface area contributed by atoms with Gasteiger partial charge in [0.2, 0.25) is 0 Å². The first-order chi connectivity index (χ1) is 10.5. The maximum absolute atomic E-state index is 12.3. The maximum atomic E-state index is 12.3. The molecule has 5 nitrogen and oxygen atoms in total. The number of aryl methyl sites for hydroxylation is 2. The van der Waals surface area contributed by atoms with Gasteiger partial charge >= 0.3 is 0 Å². The SMILES string of the molecule is Cc1cccc(Cc2nc3sc(C(O)O)c(C)c3c(=O)[nH]2)c1. The molecular weight excluding hydrogens is 300 g/mol. The summed E-state index contributed by atoms with van der Waals surface area (Å²) >= 11 is 1.14. The molecule has 0 unspecified atom stereocenters. The Kier molecular flexibility index (Phi) is 3.82. The zero-order valence-electron chi connectivity index (χ0n) is 12.3. The topological polar surface area (TPSA) is 86.2 Å². The minimum atomic E-state index is -1.58. The molecule has 0 saturated carbocycles. The Hall–Kier alpha value is -2.02. The lowest BCUT2D eigenvalue weighted by atomic mass is 10.1. The minimum Gasteiger partial charge on any atom is -0.364 e. The van der Waals surface area contributed by atoms with Gasteiger partial charge in [0.05, 0.1) is 10.3 Å². The van der Waals surface area contributed by atoms with Gasteiger partial charge in [0.1, 0.15) is 10.7 Å². The highest BCUT2D eigenvalue weighted by atomic mass is 32.1. The number of aromatic nitrogens is 2. The number of nitrogens with zero attached hydrogens (tertiary/aromatic N) is 1. The van der Waals surface area contributed by atoms with Crippen molar-refractivity contribution in [2.24, 2.45) is 0 Å². The van der Waals surface area contributed by atoms with E-state index in [9.17, 15) is 15.0 Å². The summed E-state index contributed by atoms with van der Waals surface area (Å²) in [4.78, 5) is 20.4. The molecule has 3 N–H and O–H groups in total. The quantitative estimate of drug-likeness (QED) is 0.646. The summed E-state index contributed by atoms with van der Waals surface area (Å²) in [7, 11) is 0. The van der Waals surface area contributed by atoms with E-state index in [1.165, 1.54) is 0 Å². The summed E-state index contributed by atoms with van der Waals surface area (Å²) < 4.78 is 0. The molecule has 1 aromatic carbocycles. The molecular formula is C16H16N2O3S. The third-order valence-electron chi connectivity index (χ3n) is 3.58. The molecule has 22 heavy (non-hydrogen) atoms. The third-order valence-corrected chi connectivity index (χ3v) is 4.80. The summed E-state index contributed by atoms with van der Waals surface area (Å²) in [5.41, 5.74) is 2.55. The Morgan fingerprint density at radius 3 is 2.77 bits per heavy atom. The first-order valence-electron chi connectivity index (χ1n) is 6.89. The Balaban J connectivity index is 2.07. The fourth-order valence-electron chi connectivity index (χ4n) is 2.55. The van der Waals surface area contributed by atoms with Crippen LogP contribution in [0.1, 0.15) is 33.7 Å². The second-order valence-electron chi connectivity index (χ2n) is 5.32. The number of hydrogen-bond acceptors (Lipinski definition) is 5. The highest BCUT2D eigenvalue weighted by Gasteiger charge is 2.18. The molecule has 0 amide bonds. The van der Waals surface area contributed by atoms with Crippen LogP contribution in [-0.2, 0) is 6.42 Å². The van der Waals surface area contributed by atoms with Gasteiger partial charge in [-0.05, 0) is 25.0 Å². The van der Waals surface area contributed by atoms with Gasteiger partial charge in [-0.2, -0.15) is 0 Å². The van der Waals surface area contributed by atoms with Crippen LogP contribution in [0.25, 0.3) is 10.2 Å². The standard InChI is InChI=1S/C16H16N2O3S/c1-8-4-3-5-10(6-8)7-11-17-14(19)12-9(2)13(16(20)21)22-15(12)18-11/h3-6,16,20-21H,7H2,1-2H3,(H,17,18,19). The maximum Gasteiger partial charge on any atom is 0.259 e. The lowest BCUT2D eigenvalue weighted by molar-refractivity contribution is -0.0398. The van der Waals surface area contributed by atoms with Crippen molar-refractivity contribution in [2.75, 3.05) is 0 Å². The lowest BCUT2D eigenvalue weighted by Crippen LogP contribution is -2.12. The average Bonchev–Trinajstić information content (AvgIpc) is 2.76. The third kappa shape index (κ3) is 2.68. The van der Waals surface area contributed by atoms with Crippen LogP contribution in [0, 0.1) is 13.8 Å². The number of aliphatic hydroxyl groups is 2. The molecule has 0 spiro atoms. The molecule has 0 aliphatic carbocycles. The number of aromatic amines is 1. The zero-order chi connectivity index (χ0) is 15.9. The van der Waals surface area contributed by atoms with Crippen molar-refractivity contribution in [1.29, 1.82) is 0 Å². The van der Waals surface area contributed by atoms with E-state index in [-0.39, 0.29) is 5.56 Å². The van der Waals surface area contributed by atoms with Gasteiger partial charge < -0.3 is 15.2 Å². The van der Waals surface area contributed by atoms with E-state index in [1.54, 1.807) is 6.92 Å². The van der Waals surface area contributed by atoms with E-state index in [0.717, 1.165) is 22.5 Å². The Bertz CT molecular complexity index is 896. The van der Waals surface area contributed by atoms with Gasteiger partial charge in [0.25, 0.3) is 5.56 Å². The number of fused-ring (bicyclic) bond motifs is 1. The number of H-pyrrole nitrogens is 1. The van der Waals surface area contributed by atoms with Gasteiger partial charge in [-0.1, -0.05) is 29.8 Å². The molecule has 3 rings (SSSR count). The molecule has 0 atom stereocenters. The predicted octanol–water partition coefficient (Wildman–Crippen LogP) is 2.18. The van der Waals surface area contributed by atoms with Crippen molar-refractivity contribution in [3.8, 4) is 0 Å². The zero-order valence-corrected chi connectivity index (χ0v) is 13.1. The van der Waals surface area contributed by atoms with Crippen LogP contribution in [0.4, 0.5) is 0 Å². The number of hydrogen-bond donors (Lipinski definition) is 3. The summed E-state index contributed by atoms with van der Waals surface area (Å²) in [6.07, 6.45) is -1.06. The molecule has 0 aliphatic rings. The summed E-state index contributed by atoms with van der Waals surface area (Å²) in [6, 6.07) is 8.02. The van der Waals surface area contributed by atoms with E-state index < -0.39 is 6.29 Å². The number of benzene rings is 1. The first kappa shape index (κ1) is 14.9. The number of nitrogens with one attached hydrogen (secondary N) is 1. The number of rotatable bonds is 3. The second-order valence-corrected chi connectivity index (χ2v) is 6.35. The van der Waals surface area contributed by atoms with Crippen molar-refractivity contribution in [1.82, 2.24) is 9.97 Å². The van der Waals surface area contributed by atoms with E-state index in [2.05, 4.69) is 9.97 Å². The van der Waals surface area contributed by atoms with E-state index in [0.29, 0.717) is 32.9 Å². The van der Waals surface area contributed by atoms with E-state index >= 15 is 0 Å². The fraction of sp³-hybridized carbons (Fsp3) is 0.250. The Labute approximate surface area is 130 Å². The normalized spacial score (nSPS) is 11.5. The first-order valence-corrected chi connectivity index (χ1v) is 7.71. The Morgan fingerprint density at radius 1 is 1.32 bits per heavy atom. The number of thiophene rings is 1. The van der Waals surface area contributed by atoms with Crippen molar-refractivity contribution < 1.29 is 10.2 Å². The molecule has 0 aliphatic heterocycles. The predicted molar refractivity (Wildman–Crippen MR) is 86.1 cm³/mol. The van der Waals surface area contributed by atoms with Gasteiger partial charge in [-0.3, -0.25) is 4.79 Å². The molecule has 3 aromatic rings. The monoisotopic (exact) mass is 316 g/mol. The summed E-state index contributed by atoms with van der Waals surface area (Å²) in [5, 5.41) is 19.1. The van der Waals surface area contributed by atoms with Crippen molar-refractivity contribution in [2.45, 2.75) is 26.6 Å². The summed E-state index contributed by atoms with van der Waals surface area (Å²) in [5.74, 6) is 0.573. The van der Waals surface area contributed by atoms with E-state index in [1.807, 2.05) is 31.2 Å². The molecule has 0 radical (unpaired) electrons. The molecule has 0 bridgehead atoms. The second kappa shape index (κ2) is 5.64. The van der Waals surface area contributed by atoms with Crippen LogP contribution in [0.5, 0.6) is 0 Å². The molecule has 0 fully saturated rings. The molecule has 114 valence electrons. The summed E-state index contributed by atoms with van der Waals surface area (Å²) in [6.45, 7) is 3.71. The molecule has 0 saturated heterocycles. The van der Waals surface area contributed by atoms with E-state index in [4.69, 9.17) is 0 Å². The molecule has 6 heteroatoms. The smallest absolute Gasteiger partial charge is 0.259 e. The van der Waals surface area contributed by atoms with Crippen molar-refractivity contribution in [3.63, 3.8) is 0 Å². The fourth-order valence-corrected chi connectivity index (χ4v) is 3.62. The molecule has 2 heterocycles. The lowest BCUT2D eigenvalue weighted by Gasteiger charge is -2.03. The highest BCUT2D eigenvalue weighted by molar-refractivity contribution is 7.18. The largest absolute Gasteiger partial charge is 0.364 e. The van der Waals surface area contributed by atoms with Crippen LogP contribution in [0.2, 0.25) is 0 Å². The van der Waals surface area contributed by atoms with Crippen LogP contribution in [0.15, 0.2) is 29.1 Å². The van der Waals surface area contributed by atoms with Gasteiger partial charge in [-0.25, -0.2) is 4.98 Å². The van der Waals surface area contributed by atoms with Crippen LogP contribution in [0.3, 0.4) is 0 Å². The van der Waals surface area contributed by atoms with Crippen LogP contribution < -0.4 is 5.56 Å². The van der Waals surface area contributed by atoms with Gasteiger partial charge in [0, 0.05) is 6.42 Å². The number of aliphatic hydroxyl groups excluding tert-OH is 1. The van der Waals surface area contributed by atoms with Crippen LogP contribution in [-0.4, -0.2) is 20.2 Å². The van der Waals surface area contributed by atoms with Gasteiger partial charge in [0.15, 0.2) is 6.29 Å². The van der Waals surface area contributed by atoms with Crippen molar-refractivity contribution in [3.05, 3.63) is 62.0 Å².